The van der Waals surface area contributed by atoms with Crippen molar-refractivity contribution in [2.24, 2.45) is 5.92 Å². The van der Waals surface area contributed by atoms with Crippen molar-refractivity contribution in [3.63, 3.8) is 0 Å². The number of halogens is 1. The Hall–Kier alpha value is -1.33. The van der Waals surface area contributed by atoms with Gasteiger partial charge in [-0.1, -0.05) is 17.7 Å². The summed E-state index contributed by atoms with van der Waals surface area (Å²) in [6.07, 6.45) is 6.86. The number of anilines is 1. The molecule has 2 heterocycles. The lowest BCUT2D eigenvalue weighted by atomic mass is 10.1. The van der Waals surface area contributed by atoms with Crippen molar-refractivity contribution in [2.75, 3.05) is 11.9 Å². The Morgan fingerprint density at radius 1 is 1.55 bits per heavy atom. The minimum Gasteiger partial charge on any atom is -0.377 e. The molecule has 0 amide bonds. The van der Waals surface area contributed by atoms with E-state index in [1.165, 1.54) is 17.5 Å². The lowest BCUT2D eigenvalue weighted by Crippen LogP contribution is -2.32. The first-order valence-corrected chi connectivity index (χ1v) is 7.33. The summed E-state index contributed by atoms with van der Waals surface area (Å²) in [6.45, 7) is 4.71. The van der Waals surface area contributed by atoms with Gasteiger partial charge in [-0.25, -0.2) is 4.68 Å². The lowest BCUT2D eigenvalue weighted by molar-refractivity contribution is 0.0898. The summed E-state index contributed by atoms with van der Waals surface area (Å²) < 4.78 is 7.07. The van der Waals surface area contributed by atoms with Gasteiger partial charge < -0.3 is 10.1 Å². The van der Waals surface area contributed by atoms with Gasteiger partial charge in [0.25, 0.3) is 5.56 Å². The molecule has 1 aromatic rings. The van der Waals surface area contributed by atoms with Gasteiger partial charge in [-0.15, -0.1) is 6.58 Å². The fraction of sp³-hybridized carbons (Fsp3) is 0.571. The highest BCUT2D eigenvalue weighted by molar-refractivity contribution is 6.32. The second kappa shape index (κ2) is 5.58. The highest BCUT2D eigenvalue weighted by atomic mass is 35.5. The fourth-order valence-corrected chi connectivity index (χ4v) is 2.87. The third-order valence-electron chi connectivity index (χ3n) is 3.85. The number of ether oxygens (including phenoxy) is 1. The van der Waals surface area contributed by atoms with E-state index in [-0.39, 0.29) is 22.7 Å². The third kappa shape index (κ3) is 2.60. The maximum absolute atomic E-state index is 12.0. The minimum atomic E-state index is -0.293. The van der Waals surface area contributed by atoms with E-state index < -0.39 is 0 Å². The van der Waals surface area contributed by atoms with E-state index in [4.69, 9.17) is 16.3 Å². The van der Waals surface area contributed by atoms with Crippen LogP contribution in [0.3, 0.4) is 0 Å². The van der Waals surface area contributed by atoms with Crippen LogP contribution >= 0.6 is 11.6 Å². The van der Waals surface area contributed by atoms with Crippen molar-refractivity contribution in [1.29, 1.82) is 0 Å². The van der Waals surface area contributed by atoms with Crippen molar-refractivity contribution >= 4 is 17.3 Å². The first-order valence-electron chi connectivity index (χ1n) is 6.95. The summed E-state index contributed by atoms with van der Waals surface area (Å²) in [6, 6.07) is 0.219. The molecule has 0 spiro atoms. The molecule has 1 saturated heterocycles. The molecule has 3 rings (SSSR count). The van der Waals surface area contributed by atoms with Gasteiger partial charge in [0.1, 0.15) is 5.02 Å². The van der Waals surface area contributed by atoms with Gasteiger partial charge in [0, 0.05) is 6.61 Å². The van der Waals surface area contributed by atoms with Gasteiger partial charge in [-0.2, -0.15) is 5.10 Å². The van der Waals surface area contributed by atoms with Crippen molar-refractivity contribution in [3.8, 4) is 0 Å². The van der Waals surface area contributed by atoms with Crippen molar-refractivity contribution in [1.82, 2.24) is 9.78 Å². The maximum Gasteiger partial charge on any atom is 0.287 e. The summed E-state index contributed by atoms with van der Waals surface area (Å²) in [5, 5.41) is 7.62. The summed E-state index contributed by atoms with van der Waals surface area (Å²) in [5.41, 5.74) is 0.302. The summed E-state index contributed by atoms with van der Waals surface area (Å²) in [5.74, 6) is 0.655. The molecule has 1 aliphatic carbocycles. The van der Waals surface area contributed by atoms with Crippen LogP contribution in [-0.4, -0.2) is 28.5 Å². The highest BCUT2D eigenvalue weighted by Crippen LogP contribution is 2.39. The average molecular weight is 296 g/mol. The van der Waals surface area contributed by atoms with Crippen LogP contribution in [-0.2, 0) is 11.3 Å². The first-order chi connectivity index (χ1) is 9.70. The van der Waals surface area contributed by atoms with Crippen LogP contribution in [0.25, 0.3) is 0 Å². The Labute approximate surface area is 122 Å². The van der Waals surface area contributed by atoms with E-state index in [2.05, 4.69) is 17.0 Å². The zero-order valence-corrected chi connectivity index (χ0v) is 12.0. The van der Waals surface area contributed by atoms with E-state index in [9.17, 15) is 4.79 Å². The molecule has 0 radical (unpaired) electrons. The molecule has 2 fully saturated rings. The fourth-order valence-electron chi connectivity index (χ4n) is 2.67. The number of rotatable bonds is 5. The number of hydrogen-bond acceptors (Lipinski definition) is 4. The largest absolute Gasteiger partial charge is 0.377 e. The molecule has 108 valence electrons. The molecule has 5 nitrogen and oxygen atoms in total. The summed E-state index contributed by atoms with van der Waals surface area (Å²) in [4.78, 5) is 12.0. The van der Waals surface area contributed by atoms with Crippen molar-refractivity contribution in [2.45, 2.75) is 38.0 Å². The van der Waals surface area contributed by atoms with E-state index in [0.717, 1.165) is 13.0 Å². The summed E-state index contributed by atoms with van der Waals surface area (Å²) >= 11 is 6.14. The van der Waals surface area contributed by atoms with Crippen LogP contribution in [0.1, 0.15) is 19.3 Å². The Bertz CT molecular complexity index is 568. The maximum atomic E-state index is 12.0. The van der Waals surface area contributed by atoms with Crippen molar-refractivity contribution < 1.29 is 4.74 Å². The standard InChI is InChI=1S/C14H18ClN3O2/c1-2-6-18-14(19)12(15)11(8-16-18)17-10-5-7-20-13(10)9-3-4-9/h2,8-10,13,17H,1,3-7H2. The molecular formula is C14H18ClN3O2. The van der Waals surface area contributed by atoms with Gasteiger partial charge in [-0.3, -0.25) is 4.79 Å². The lowest BCUT2D eigenvalue weighted by Gasteiger charge is -2.21. The highest BCUT2D eigenvalue weighted by Gasteiger charge is 2.40. The molecule has 2 aliphatic rings. The van der Waals surface area contributed by atoms with E-state index in [1.807, 2.05) is 0 Å². The monoisotopic (exact) mass is 295 g/mol. The molecule has 0 aromatic carbocycles. The molecule has 1 aliphatic heterocycles. The molecule has 1 aromatic heterocycles. The predicted octanol–water partition coefficient (Wildman–Crippen LogP) is 2.06. The number of nitrogens with one attached hydrogen (secondary N) is 1. The molecular weight excluding hydrogens is 278 g/mol. The molecule has 1 N–H and O–H groups in total. The quantitative estimate of drug-likeness (QED) is 0.845. The zero-order chi connectivity index (χ0) is 14.1. The number of hydrogen-bond donors (Lipinski definition) is 1. The van der Waals surface area contributed by atoms with Gasteiger partial charge >= 0.3 is 0 Å². The first kappa shape index (κ1) is 13.6. The number of allylic oxidation sites excluding steroid dienone is 1. The molecule has 20 heavy (non-hydrogen) atoms. The Morgan fingerprint density at radius 3 is 3.05 bits per heavy atom. The van der Waals surface area contributed by atoms with Crippen LogP contribution in [0.5, 0.6) is 0 Å². The second-order valence-corrected chi connectivity index (χ2v) is 5.74. The Morgan fingerprint density at radius 2 is 2.35 bits per heavy atom. The molecule has 6 heteroatoms. The average Bonchev–Trinajstić information content (AvgIpc) is 3.19. The van der Waals surface area contributed by atoms with Crippen molar-refractivity contribution in [3.05, 3.63) is 34.2 Å². The smallest absolute Gasteiger partial charge is 0.287 e. The number of nitrogens with zero attached hydrogens (tertiary/aromatic N) is 2. The van der Waals surface area contributed by atoms with Crippen LogP contribution in [0.15, 0.2) is 23.6 Å². The van der Waals surface area contributed by atoms with Gasteiger partial charge in [0.15, 0.2) is 0 Å². The zero-order valence-electron chi connectivity index (χ0n) is 11.2. The molecule has 0 bridgehead atoms. The van der Waals surface area contributed by atoms with Crippen LogP contribution in [0.2, 0.25) is 5.02 Å². The van der Waals surface area contributed by atoms with Crippen LogP contribution < -0.4 is 10.9 Å². The normalized spacial score (nSPS) is 25.6. The molecule has 2 unspecified atom stereocenters. The van der Waals surface area contributed by atoms with E-state index in [0.29, 0.717) is 18.2 Å². The van der Waals surface area contributed by atoms with Gasteiger partial charge in [-0.05, 0) is 25.2 Å². The van der Waals surface area contributed by atoms with Crippen LogP contribution in [0.4, 0.5) is 5.69 Å². The van der Waals surface area contributed by atoms with E-state index >= 15 is 0 Å². The van der Waals surface area contributed by atoms with Gasteiger partial charge in [0.05, 0.1) is 30.6 Å². The Kier molecular flexibility index (Phi) is 3.81. The second-order valence-electron chi connectivity index (χ2n) is 5.36. The molecule has 1 saturated carbocycles. The van der Waals surface area contributed by atoms with Crippen LogP contribution in [0, 0.1) is 5.92 Å². The molecule has 2 atom stereocenters. The minimum absolute atomic E-state index is 0.184. The van der Waals surface area contributed by atoms with Gasteiger partial charge in [0.2, 0.25) is 0 Å². The SMILES string of the molecule is C=CCn1ncc(NC2CCOC2C2CC2)c(Cl)c1=O. The Balaban J connectivity index is 1.78. The summed E-state index contributed by atoms with van der Waals surface area (Å²) in [7, 11) is 0. The topological polar surface area (TPSA) is 56.1 Å². The predicted molar refractivity (Wildman–Crippen MR) is 78.2 cm³/mol. The van der Waals surface area contributed by atoms with E-state index in [1.54, 1.807) is 12.3 Å². The third-order valence-corrected chi connectivity index (χ3v) is 4.22. The number of aromatic nitrogens is 2.